The molecule has 0 N–H and O–H groups in total. The Kier molecular flexibility index (Phi) is 6.16. The van der Waals surface area contributed by atoms with Crippen molar-refractivity contribution in [1.82, 2.24) is 0 Å². The fourth-order valence-corrected chi connectivity index (χ4v) is 3.27. The molecule has 1 aliphatic heterocycles. The van der Waals surface area contributed by atoms with E-state index in [-0.39, 0.29) is 23.6 Å². The van der Waals surface area contributed by atoms with Crippen molar-refractivity contribution >= 4 is 5.78 Å². The number of rotatable bonds is 8. The van der Waals surface area contributed by atoms with Gasteiger partial charge < -0.3 is 14.3 Å². The maximum Gasteiger partial charge on any atom is 0.129 e. The number of benzene rings is 1. The number of hydrogen-bond acceptors (Lipinski definition) is 3. The van der Waals surface area contributed by atoms with Gasteiger partial charge in [0.25, 0.3) is 0 Å². The van der Waals surface area contributed by atoms with Gasteiger partial charge in [-0.1, -0.05) is 43.7 Å². The zero-order chi connectivity index (χ0) is 16.0. The van der Waals surface area contributed by atoms with Crippen LogP contribution in [0.2, 0.25) is 0 Å². The van der Waals surface area contributed by atoms with Gasteiger partial charge in [-0.15, -0.1) is 0 Å². The lowest BCUT2D eigenvalue weighted by Gasteiger charge is -2.23. The lowest BCUT2D eigenvalue weighted by atomic mass is 9.94. The molecule has 0 saturated carbocycles. The average molecular weight is 304 g/mol. The highest BCUT2D eigenvalue weighted by Gasteiger charge is 2.43. The van der Waals surface area contributed by atoms with E-state index in [0.29, 0.717) is 13.0 Å². The summed E-state index contributed by atoms with van der Waals surface area (Å²) in [5.74, 6) is 0.217. The Morgan fingerprint density at radius 1 is 1.36 bits per heavy atom. The van der Waals surface area contributed by atoms with Crippen LogP contribution in [0.5, 0.6) is 0 Å². The predicted molar refractivity (Wildman–Crippen MR) is 87.7 cm³/mol. The van der Waals surface area contributed by atoms with Crippen LogP contribution in [-0.4, -0.2) is 23.6 Å². The molecule has 1 aromatic carbocycles. The molecule has 1 fully saturated rings. The summed E-state index contributed by atoms with van der Waals surface area (Å²) in [6.45, 7) is 6.59. The SMILES string of the molecule is CCC[C@]1(C)C[C@@H](OCc2ccccc2)[C@H](CCC(C)=O)O1. The number of ketones is 1. The van der Waals surface area contributed by atoms with E-state index in [4.69, 9.17) is 9.47 Å². The van der Waals surface area contributed by atoms with Crippen LogP contribution in [0.3, 0.4) is 0 Å². The lowest BCUT2D eigenvalue weighted by Crippen LogP contribution is -2.25. The Morgan fingerprint density at radius 2 is 2.09 bits per heavy atom. The molecule has 22 heavy (non-hydrogen) atoms. The Labute approximate surface area is 134 Å². The van der Waals surface area contributed by atoms with Gasteiger partial charge in [0.15, 0.2) is 0 Å². The highest BCUT2D eigenvalue weighted by atomic mass is 16.6. The van der Waals surface area contributed by atoms with Gasteiger partial charge in [-0.05, 0) is 32.3 Å². The maximum atomic E-state index is 11.3. The minimum atomic E-state index is -0.114. The van der Waals surface area contributed by atoms with E-state index in [2.05, 4.69) is 26.0 Å². The molecule has 0 amide bonds. The van der Waals surface area contributed by atoms with Gasteiger partial charge in [-0.25, -0.2) is 0 Å². The molecule has 0 unspecified atom stereocenters. The van der Waals surface area contributed by atoms with E-state index in [1.54, 1.807) is 6.92 Å². The number of ether oxygens (including phenoxy) is 2. The molecule has 0 aromatic heterocycles. The third kappa shape index (κ3) is 4.92. The molecular formula is C19H28O3. The second kappa shape index (κ2) is 7.89. The Hall–Kier alpha value is -1.19. The van der Waals surface area contributed by atoms with Gasteiger partial charge in [-0.2, -0.15) is 0 Å². The molecule has 0 spiro atoms. The van der Waals surface area contributed by atoms with Crippen LogP contribution in [0.25, 0.3) is 0 Å². The van der Waals surface area contributed by atoms with E-state index in [1.807, 2.05) is 18.2 Å². The van der Waals surface area contributed by atoms with E-state index >= 15 is 0 Å². The molecule has 1 heterocycles. The topological polar surface area (TPSA) is 35.5 Å². The Balaban J connectivity index is 1.96. The van der Waals surface area contributed by atoms with Crippen molar-refractivity contribution in [2.75, 3.05) is 0 Å². The van der Waals surface area contributed by atoms with E-state index in [9.17, 15) is 4.79 Å². The van der Waals surface area contributed by atoms with Crippen molar-refractivity contribution < 1.29 is 14.3 Å². The van der Waals surface area contributed by atoms with Crippen LogP contribution in [-0.2, 0) is 20.9 Å². The number of carbonyl (C=O) groups is 1. The van der Waals surface area contributed by atoms with Crippen molar-refractivity contribution in [2.24, 2.45) is 0 Å². The second-order valence-electron chi connectivity index (χ2n) is 6.64. The van der Waals surface area contributed by atoms with Crippen LogP contribution in [0.1, 0.15) is 58.4 Å². The average Bonchev–Trinajstić information content (AvgIpc) is 2.80. The molecule has 2 rings (SSSR count). The van der Waals surface area contributed by atoms with Crippen molar-refractivity contribution in [1.29, 1.82) is 0 Å². The Bertz CT molecular complexity index is 471. The van der Waals surface area contributed by atoms with Gasteiger partial charge in [0.2, 0.25) is 0 Å². The molecule has 0 aliphatic carbocycles. The molecule has 3 heteroatoms. The normalized spacial score (nSPS) is 28.0. The minimum absolute atomic E-state index is 0.0316. The maximum absolute atomic E-state index is 11.3. The highest BCUT2D eigenvalue weighted by Crippen LogP contribution is 2.37. The van der Waals surface area contributed by atoms with Crippen LogP contribution in [0.15, 0.2) is 30.3 Å². The summed E-state index contributed by atoms with van der Waals surface area (Å²) >= 11 is 0. The third-order valence-corrected chi connectivity index (χ3v) is 4.35. The minimum Gasteiger partial charge on any atom is -0.371 e. The molecule has 3 atom stereocenters. The third-order valence-electron chi connectivity index (χ3n) is 4.35. The molecule has 1 aromatic rings. The smallest absolute Gasteiger partial charge is 0.129 e. The van der Waals surface area contributed by atoms with Crippen LogP contribution in [0.4, 0.5) is 0 Å². The highest BCUT2D eigenvalue weighted by molar-refractivity contribution is 5.75. The lowest BCUT2D eigenvalue weighted by molar-refractivity contribution is -0.119. The second-order valence-corrected chi connectivity index (χ2v) is 6.64. The van der Waals surface area contributed by atoms with Crippen molar-refractivity contribution in [3.8, 4) is 0 Å². The fraction of sp³-hybridized carbons (Fsp3) is 0.632. The quantitative estimate of drug-likeness (QED) is 0.718. The first-order chi connectivity index (χ1) is 10.5. The van der Waals surface area contributed by atoms with Crippen LogP contribution >= 0.6 is 0 Å². The number of hydrogen-bond donors (Lipinski definition) is 0. The summed E-state index contributed by atoms with van der Waals surface area (Å²) in [7, 11) is 0. The zero-order valence-corrected chi connectivity index (χ0v) is 14.0. The molecule has 0 radical (unpaired) electrons. The van der Waals surface area contributed by atoms with Gasteiger partial charge >= 0.3 is 0 Å². The van der Waals surface area contributed by atoms with Gasteiger partial charge in [0.1, 0.15) is 5.78 Å². The number of Topliss-reactive ketones (excluding diaryl/α,β-unsaturated/α-hetero) is 1. The fourth-order valence-electron chi connectivity index (χ4n) is 3.27. The first kappa shape index (κ1) is 17.2. The summed E-state index contributed by atoms with van der Waals surface area (Å²) in [5, 5.41) is 0. The molecule has 0 bridgehead atoms. The van der Waals surface area contributed by atoms with Crippen LogP contribution in [0, 0.1) is 0 Å². The van der Waals surface area contributed by atoms with Gasteiger partial charge in [0.05, 0.1) is 24.4 Å². The summed E-state index contributed by atoms with van der Waals surface area (Å²) in [6.07, 6.45) is 4.48. The van der Waals surface area contributed by atoms with Crippen molar-refractivity contribution in [3.05, 3.63) is 35.9 Å². The first-order valence-electron chi connectivity index (χ1n) is 8.35. The first-order valence-corrected chi connectivity index (χ1v) is 8.35. The summed E-state index contributed by atoms with van der Waals surface area (Å²) < 4.78 is 12.4. The largest absolute Gasteiger partial charge is 0.371 e. The number of carbonyl (C=O) groups excluding carboxylic acids is 1. The molecule has 1 saturated heterocycles. The molecule has 3 nitrogen and oxygen atoms in total. The zero-order valence-electron chi connectivity index (χ0n) is 14.0. The van der Waals surface area contributed by atoms with Crippen molar-refractivity contribution in [2.45, 2.75) is 77.3 Å². The Morgan fingerprint density at radius 3 is 2.73 bits per heavy atom. The van der Waals surface area contributed by atoms with Gasteiger partial charge in [0, 0.05) is 12.8 Å². The van der Waals surface area contributed by atoms with E-state index < -0.39 is 0 Å². The summed E-state index contributed by atoms with van der Waals surface area (Å²) in [4.78, 5) is 11.3. The standard InChI is InChI=1S/C19H28O3/c1-4-12-19(3)13-18(17(22-19)11-10-15(2)20)21-14-16-8-6-5-7-9-16/h5-9,17-18H,4,10-14H2,1-3H3/t17-,18+,19+/m0/s1. The monoisotopic (exact) mass is 304 g/mol. The van der Waals surface area contributed by atoms with E-state index in [1.165, 1.54) is 5.56 Å². The molecule has 122 valence electrons. The summed E-state index contributed by atoms with van der Waals surface area (Å²) in [5.41, 5.74) is 1.06. The molecule has 1 aliphatic rings. The van der Waals surface area contributed by atoms with Crippen LogP contribution < -0.4 is 0 Å². The predicted octanol–water partition coefficient (Wildman–Crippen LogP) is 4.29. The van der Waals surface area contributed by atoms with Crippen molar-refractivity contribution in [3.63, 3.8) is 0 Å². The molecular weight excluding hydrogens is 276 g/mol. The summed E-state index contributed by atoms with van der Waals surface area (Å²) in [6, 6.07) is 10.2. The van der Waals surface area contributed by atoms with E-state index in [0.717, 1.165) is 25.7 Å². The van der Waals surface area contributed by atoms with Gasteiger partial charge in [-0.3, -0.25) is 0 Å².